The van der Waals surface area contributed by atoms with Crippen molar-refractivity contribution in [2.45, 2.75) is 39.5 Å². The predicted molar refractivity (Wildman–Crippen MR) is 157 cm³/mol. The Kier molecular flexibility index (Phi) is 5.70. The monoisotopic (exact) mass is 646 g/mol. The van der Waals surface area contributed by atoms with Gasteiger partial charge in [0.15, 0.2) is 11.4 Å². The molecular formula is C26H26B4F8N8. The minimum absolute atomic E-state index is 0.201. The minimum Gasteiger partial charge on any atom is -0.413 e. The fraction of sp³-hybridized carbons (Fsp3) is 0.231. The van der Waals surface area contributed by atoms with E-state index in [1.165, 1.54) is 36.4 Å². The molecule has 8 nitrogen and oxygen atoms in total. The van der Waals surface area contributed by atoms with Gasteiger partial charge in [-0.3, -0.25) is 18.8 Å². The van der Waals surface area contributed by atoms with E-state index in [1.807, 2.05) is 0 Å². The molecule has 0 fully saturated rings. The first-order valence-electron chi connectivity index (χ1n) is 15.2. The van der Waals surface area contributed by atoms with E-state index >= 15 is 34.5 Å². The SMILES string of the molecule is CCCC1=CC(C2=[N+]3C(=CN4N(c5cccc[n+]5[B-]4(F)F)[B-]3(F)F)C(CCC)=C2)=[N+]2C1=CN1N(c3cccc[n+]3[B-]1(F)F)[B-]2(F)F. The van der Waals surface area contributed by atoms with E-state index in [-0.39, 0.29) is 66.5 Å². The first kappa shape index (κ1) is 28.9. The van der Waals surface area contributed by atoms with Gasteiger partial charge < -0.3 is 53.3 Å². The van der Waals surface area contributed by atoms with Gasteiger partial charge in [0.2, 0.25) is 23.1 Å². The molecule has 0 bridgehead atoms. The molecule has 0 N–H and O–H groups in total. The number of allylic oxidation sites excluding steroid dienone is 4. The van der Waals surface area contributed by atoms with Crippen LogP contribution in [0, 0.1) is 0 Å². The van der Waals surface area contributed by atoms with E-state index < -0.39 is 39.5 Å². The molecule has 20 heteroatoms. The Hall–Kier alpha value is -4.50. The topological polar surface area (TPSA) is 26.7 Å². The number of hydrogen-bond acceptors (Lipinski definition) is 4. The van der Waals surface area contributed by atoms with E-state index in [0.29, 0.717) is 30.8 Å². The molecule has 6 aliphatic rings. The van der Waals surface area contributed by atoms with Crippen LogP contribution >= 0.6 is 0 Å². The van der Waals surface area contributed by atoms with Crippen LogP contribution in [0.3, 0.4) is 0 Å². The number of pyridine rings is 2. The Morgan fingerprint density at radius 2 is 0.957 bits per heavy atom. The lowest BCUT2D eigenvalue weighted by atomic mass is 9.87. The van der Waals surface area contributed by atoms with Gasteiger partial charge in [-0.2, -0.15) is 0 Å². The normalized spacial score (nSPS) is 23.8. The Bertz CT molecular complexity index is 1800. The van der Waals surface area contributed by atoms with Crippen molar-refractivity contribution in [2.24, 2.45) is 0 Å². The third-order valence-corrected chi connectivity index (χ3v) is 9.35. The summed E-state index contributed by atoms with van der Waals surface area (Å²) in [6.45, 7) is -16.0. The molecule has 0 radical (unpaired) electrons. The molecule has 0 aromatic carbocycles. The quantitative estimate of drug-likeness (QED) is 0.358. The Morgan fingerprint density at radius 3 is 1.33 bits per heavy atom. The van der Waals surface area contributed by atoms with Gasteiger partial charge in [-0.25, -0.2) is 0 Å². The molecule has 0 saturated carbocycles. The molecule has 0 aliphatic carbocycles. The van der Waals surface area contributed by atoms with Crippen LogP contribution in [0.15, 0.2) is 95.9 Å². The lowest BCUT2D eigenvalue weighted by Gasteiger charge is -2.41. The summed E-state index contributed by atoms with van der Waals surface area (Å²) >= 11 is 0. The van der Waals surface area contributed by atoms with Crippen LogP contribution in [-0.4, -0.2) is 58.1 Å². The maximum absolute atomic E-state index is 16.9. The first-order valence-corrected chi connectivity index (χ1v) is 15.2. The number of aromatic nitrogens is 2. The van der Waals surface area contributed by atoms with Crippen molar-refractivity contribution < 1.29 is 52.5 Å². The van der Waals surface area contributed by atoms with Crippen LogP contribution in [0.5, 0.6) is 0 Å². The van der Waals surface area contributed by atoms with E-state index in [9.17, 15) is 0 Å². The zero-order chi connectivity index (χ0) is 32.6. The van der Waals surface area contributed by atoms with Crippen molar-refractivity contribution in [2.75, 3.05) is 9.84 Å². The molecule has 8 heterocycles. The summed E-state index contributed by atoms with van der Waals surface area (Å²) in [4.78, 5) is 0.951. The van der Waals surface area contributed by atoms with Gasteiger partial charge in [0.1, 0.15) is 0 Å². The van der Waals surface area contributed by atoms with Crippen molar-refractivity contribution in [1.82, 2.24) is 9.84 Å². The molecular weight excluding hydrogens is 620 g/mol. The first-order chi connectivity index (χ1) is 21.8. The predicted octanol–water partition coefficient (Wildman–Crippen LogP) is 4.33. The highest BCUT2D eigenvalue weighted by molar-refractivity contribution is 6.71. The highest BCUT2D eigenvalue weighted by Gasteiger charge is 2.74. The molecule has 2 aromatic rings. The zero-order valence-electron chi connectivity index (χ0n) is 24.7. The van der Waals surface area contributed by atoms with Gasteiger partial charge in [0, 0.05) is 47.8 Å². The van der Waals surface area contributed by atoms with Crippen molar-refractivity contribution in [3.63, 3.8) is 0 Å². The van der Waals surface area contributed by atoms with Crippen LogP contribution in [-0.2, 0) is 0 Å². The Labute approximate surface area is 258 Å². The molecule has 8 rings (SSSR count). The number of anilines is 2. The fourth-order valence-corrected chi connectivity index (χ4v) is 7.49. The number of hydrazine groups is 2. The highest BCUT2D eigenvalue weighted by atomic mass is 19.3. The fourth-order valence-electron chi connectivity index (χ4n) is 7.49. The highest BCUT2D eigenvalue weighted by Crippen LogP contribution is 2.45. The average Bonchev–Trinajstić information content (AvgIpc) is 3.68. The third-order valence-electron chi connectivity index (χ3n) is 9.35. The number of fused-ring (bicyclic) bond motifs is 8. The summed E-state index contributed by atoms with van der Waals surface area (Å²) in [6, 6.07) is 7.62. The van der Waals surface area contributed by atoms with Crippen molar-refractivity contribution in [1.29, 1.82) is 0 Å². The van der Waals surface area contributed by atoms with E-state index in [0.717, 1.165) is 36.9 Å². The molecule has 0 atom stereocenters. The summed E-state index contributed by atoms with van der Waals surface area (Å²) in [5.41, 5.74) is -0.561. The standard InChI is InChI=1S/C26H26B4F8N8/c1-3-9-19-15-21(43-23(19)17-41-27(31,32)39-13-7-5-11-25(39)45(41)29(43,35)36)22-16-20(10-4-2)24-18-42-28(33,34)40-14-8-6-12-26(40)46(42)30(37,38)44(22)24/h5-8,11-18H,3-4,9-10H2,1-2H3. The van der Waals surface area contributed by atoms with Gasteiger partial charge in [0.25, 0.3) is 0 Å². The smallest absolute Gasteiger partial charge is 0.413 e. The molecule has 2 aromatic heterocycles. The molecule has 0 spiro atoms. The molecule has 6 aliphatic heterocycles. The summed E-state index contributed by atoms with van der Waals surface area (Å²) in [7, 11) is 0. The maximum atomic E-state index is 16.9. The summed E-state index contributed by atoms with van der Waals surface area (Å²) in [5, 5.41) is 0. The third kappa shape index (κ3) is 3.39. The Balaban J connectivity index is 1.40. The van der Waals surface area contributed by atoms with Gasteiger partial charge >= 0.3 is 27.9 Å². The Morgan fingerprint density at radius 1 is 0.565 bits per heavy atom. The van der Waals surface area contributed by atoms with Crippen molar-refractivity contribution in [3.8, 4) is 0 Å². The largest absolute Gasteiger partial charge is 0.850 e. The second-order valence-corrected chi connectivity index (χ2v) is 12.1. The van der Waals surface area contributed by atoms with Gasteiger partial charge in [-0.15, -0.1) is 0 Å². The van der Waals surface area contributed by atoms with Crippen molar-refractivity contribution in [3.05, 3.63) is 95.9 Å². The van der Waals surface area contributed by atoms with Crippen LogP contribution < -0.4 is 18.8 Å². The second-order valence-electron chi connectivity index (χ2n) is 12.1. The van der Waals surface area contributed by atoms with Gasteiger partial charge in [-0.1, -0.05) is 38.8 Å². The molecule has 46 heavy (non-hydrogen) atoms. The summed E-state index contributed by atoms with van der Waals surface area (Å²) in [5.74, 6) is -0.928. The van der Waals surface area contributed by atoms with Crippen LogP contribution in [0.1, 0.15) is 39.5 Å². The molecule has 0 amide bonds. The van der Waals surface area contributed by atoms with E-state index in [2.05, 4.69) is 0 Å². The van der Waals surface area contributed by atoms with Crippen LogP contribution in [0.2, 0.25) is 0 Å². The zero-order valence-corrected chi connectivity index (χ0v) is 24.7. The van der Waals surface area contributed by atoms with Gasteiger partial charge in [0.05, 0.1) is 12.4 Å². The molecule has 0 unspecified atom stereocenters. The number of nitrogens with zero attached hydrogens (tertiary/aromatic N) is 8. The lowest BCUT2D eigenvalue weighted by molar-refractivity contribution is -0.549. The molecule has 238 valence electrons. The number of rotatable bonds is 5. The lowest BCUT2D eigenvalue weighted by Crippen LogP contribution is -2.70. The maximum Gasteiger partial charge on any atom is 0.850 e. The second kappa shape index (κ2) is 9.06. The van der Waals surface area contributed by atoms with Gasteiger partial charge in [-0.05, 0) is 25.0 Å². The van der Waals surface area contributed by atoms with E-state index in [1.54, 1.807) is 13.8 Å². The van der Waals surface area contributed by atoms with Crippen LogP contribution in [0.4, 0.5) is 46.2 Å². The van der Waals surface area contributed by atoms with E-state index in [4.69, 9.17) is 0 Å². The average molecular weight is 646 g/mol. The summed E-state index contributed by atoms with van der Waals surface area (Å²) in [6.07, 6.45) is 7.91. The summed E-state index contributed by atoms with van der Waals surface area (Å²) < 4.78 is 132. The van der Waals surface area contributed by atoms with Crippen molar-refractivity contribution >= 4 is 50.9 Å². The number of halogens is 8. The number of hydrogen-bond donors (Lipinski definition) is 0. The minimum atomic E-state index is -5.08. The molecule has 0 saturated heterocycles. The van der Waals surface area contributed by atoms with Crippen LogP contribution in [0.25, 0.3) is 0 Å².